The van der Waals surface area contributed by atoms with Crippen molar-refractivity contribution in [3.05, 3.63) is 0 Å². The standard InChI is InChI=1S/C15H23NO4/c1-3-11(2)14(19)20-10-13(18)16-12(17)9-15(16)7-5-4-6-8-15/h11H,3-10H2,1-2H3. The Morgan fingerprint density at radius 1 is 1.30 bits per heavy atom. The molecule has 112 valence electrons. The van der Waals surface area contributed by atoms with E-state index in [1.807, 2.05) is 6.92 Å². The van der Waals surface area contributed by atoms with Gasteiger partial charge in [-0.15, -0.1) is 0 Å². The molecule has 0 aromatic heterocycles. The molecule has 0 aromatic rings. The average molecular weight is 281 g/mol. The fourth-order valence-corrected chi connectivity index (χ4v) is 3.13. The van der Waals surface area contributed by atoms with Crippen molar-refractivity contribution in [1.82, 2.24) is 4.90 Å². The number of amides is 2. The highest BCUT2D eigenvalue weighted by atomic mass is 16.5. The fraction of sp³-hybridized carbons (Fsp3) is 0.800. The molecule has 0 N–H and O–H groups in total. The number of carbonyl (C=O) groups excluding carboxylic acids is 3. The van der Waals surface area contributed by atoms with Crippen LogP contribution in [-0.4, -0.2) is 34.8 Å². The van der Waals surface area contributed by atoms with Gasteiger partial charge in [-0.05, 0) is 19.3 Å². The Hall–Kier alpha value is -1.39. The molecule has 1 heterocycles. The second-order valence-corrected chi connectivity index (χ2v) is 6.00. The molecule has 1 unspecified atom stereocenters. The largest absolute Gasteiger partial charge is 0.455 e. The molecule has 0 aromatic carbocycles. The van der Waals surface area contributed by atoms with E-state index in [2.05, 4.69) is 0 Å². The summed E-state index contributed by atoms with van der Waals surface area (Å²) in [4.78, 5) is 36.8. The maximum atomic E-state index is 12.2. The van der Waals surface area contributed by atoms with Gasteiger partial charge < -0.3 is 4.74 Å². The van der Waals surface area contributed by atoms with Crippen molar-refractivity contribution in [2.24, 2.45) is 5.92 Å². The lowest BCUT2D eigenvalue weighted by atomic mass is 9.72. The van der Waals surface area contributed by atoms with Gasteiger partial charge in [-0.25, -0.2) is 0 Å². The van der Waals surface area contributed by atoms with E-state index in [0.717, 1.165) is 25.7 Å². The van der Waals surface area contributed by atoms with Gasteiger partial charge in [0.15, 0.2) is 6.61 Å². The normalized spacial score (nSPS) is 22.3. The Morgan fingerprint density at radius 3 is 2.50 bits per heavy atom. The van der Waals surface area contributed by atoms with Gasteiger partial charge in [-0.2, -0.15) is 0 Å². The molecule has 1 saturated heterocycles. The minimum atomic E-state index is -0.369. The van der Waals surface area contributed by atoms with Crippen molar-refractivity contribution in [2.75, 3.05) is 6.61 Å². The third-order valence-electron chi connectivity index (χ3n) is 4.59. The van der Waals surface area contributed by atoms with Gasteiger partial charge in [0.2, 0.25) is 5.91 Å². The first kappa shape index (κ1) is 15.0. The van der Waals surface area contributed by atoms with E-state index in [9.17, 15) is 14.4 Å². The van der Waals surface area contributed by atoms with Crippen LogP contribution in [-0.2, 0) is 19.1 Å². The molecule has 0 radical (unpaired) electrons. The summed E-state index contributed by atoms with van der Waals surface area (Å²) >= 11 is 0. The molecule has 5 nitrogen and oxygen atoms in total. The van der Waals surface area contributed by atoms with Gasteiger partial charge in [0.25, 0.3) is 5.91 Å². The lowest BCUT2D eigenvalue weighted by Gasteiger charge is -2.52. The highest BCUT2D eigenvalue weighted by Gasteiger charge is 2.53. The van der Waals surface area contributed by atoms with E-state index >= 15 is 0 Å². The highest BCUT2D eigenvalue weighted by molar-refractivity contribution is 6.02. The molecule has 20 heavy (non-hydrogen) atoms. The summed E-state index contributed by atoms with van der Waals surface area (Å²) < 4.78 is 5.01. The van der Waals surface area contributed by atoms with Crippen LogP contribution in [0.25, 0.3) is 0 Å². The number of carbonyl (C=O) groups is 3. The van der Waals surface area contributed by atoms with E-state index < -0.39 is 0 Å². The number of rotatable bonds is 4. The summed E-state index contributed by atoms with van der Waals surface area (Å²) in [5.74, 6) is -1.07. The number of ether oxygens (including phenoxy) is 1. The van der Waals surface area contributed by atoms with Gasteiger partial charge in [-0.3, -0.25) is 19.3 Å². The Labute approximate surface area is 119 Å². The van der Waals surface area contributed by atoms with E-state index in [4.69, 9.17) is 4.74 Å². The number of imide groups is 1. The zero-order valence-electron chi connectivity index (χ0n) is 12.3. The monoisotopic (exact) mass is 281 g/mol. The number of hydrogen-bond donors (Lipinski definition) is 0. The average Bonchev–Trinajstić information content (AvgIpc) is 2.44. The van der Waals surface area contributed by atoms with Crippen molar-refractivity contribution in [3.63, 3.8) is 0 Å². The van der Waals surface area contributed by atoms with Gasteiger partial charge in [0.05, 0.1) is 17.9 Å². The predicted octanol–water partition coefficient (Wildman–Crippen LogP) is 2.04. The molecule has 0 bridgehead atoms. The molecule has 2 amide bonds. The first-order chi connectivity index (χ1) is 9.50. The summed E-state index contributed by atoms with van der Waals surface area (Å²) in [5, 5.41) is 0. The Bertz CT molecular complexity index is 412. The molecule has 1 aliphatic heterocycles. The predicted molar refractivity (Wildman–Crippen MR) is 72.7 cm³/mol. The second kappa shape index (κ2) is 5.94. The fourth-order valence-electron chi connectivity index (χ4n) is 3.13. The Morgan fingerprint density at radius 2 is 1.95 bits per heavy atom. The zero-order chi connectivity index (χ0) is 14.8. The van der Waals surface area contributed by atoms with Gasteiger partial charge >= 0.3 is 5.97 Å². The van der Waals surface area contributed by atoms with Crippen LogP contribution in [0.3, 0.4) is 0 Å². The van der Waals surface area contributed by atoms with Crippen molar-refractivity contribution < 1.29 is 19.1 Å². The molecule has 2 fully saturated rings. The van der Waals surface area contributed by atoms with Crippen LogP contribution in [0.2, 0.25) is 0 Å². The summed E-state index contributed by atoms with van der Waals surface area (Å²) in [6.07, 6.45) is 6.22. The molecule has 1 aliphatic carbocycles. The summed E-state index contributed by atoms with van der Waals surface area (Å²) in [6.45, 7) is 3.35. The molecule has 2 aliphatic rings. The zero-order valence-corrected chi connectivity index (χ0v) is 12.3. The van der Waals surface area contributed by atoms with Gasteiger partial charge in [0.1, 0.15) is 0 Å². The third-order valence-corrected chi connectivity index (χ3v) is 4.59. The van der Waals surface area contributed by atoms with Crippen LogP contribution in [0.5, 0.6) is 0 Å². The van der Waals surface area contributed by atoms with Crippen LogP contribution in [0.15, 0.2) is 0 Å². The topological polar surface area (TPSA) is 63.7 Å². The number of β-lactam (4-membered cyclic amide) rings is 1. The first-order valence-electron chi connectivity index (χ1n) is 7.53. The Balaban J connectivity index is 1.91. The maximum Gasteiger partial charge on any atom is 0.309 e. The lowest BCUT2D eigenvalue weighted by molar-refractivity contribution is -0.176. The Kier molecular flexibility index (Phi) is 4.45. The minimum Gasteiger partial charge on any atom is -0.455 e. The molecule has 2 rings (SSSR count). The number of esters is 1. The second-order valence-electron chi connectivity index (χ2n) is 6.00. The van der Waals surface area contributed by atoms with Crippen LogP contribution in [0.4, 0.5) is 0 Å². The highest BCUT2D eigenvalue weighted by Crippen LogP contribution is 2.43. The quantitative estimate of drug-likeness (QED) is 0.584. The van der Waals surface area contributed by atoms with Crippen LogP contribution >= 0.6 is 0 Å². The first-order valence-corrected chi connectivity index (χ1v) is 7.53. The van der Waals surface area contributed by atoms with Crippen molar-refractivity contribution in [3.8, 4) is 0 Å². The number of likely N-dealkylation sites (tertiary alicyclic amines) is 1. The van der Waals surface area contributed by atoms with E-state index in [0.29, 0.717) is 12.8 Å². The molecule has 1 spiro atoms. The minimum absolute atomic E-state index is 0.128. The molecule has 1 atom stereocenters. The van der Waals surface area contributed by atoms with Crippen LogP contribution in [0, 0.1) is 5.92 Å². The summed E-state index contributed by atoms with van der Waals surface area (Å²) in [7, 11) is 0. The van der Waals surface area contributed by atoms with Crippen molar-refractivity contribution in [2.45, 2.75) is 64.3 Å². The van der Waals surface area contributed by atoms with E-state index in [-0.39, 0.29) is 35.8 Å². The molecule has 1 saturated carbocycles. The van der Waals surface area contributed by atoms with Gasteiger partial charge in [-0.1, -0.05) is 33.1 Å². The number of nitrogens with zero attached hydrogens (tertiary/aromatic N) is 1. The molecule has 5 heteroatoms. The lowest BCUT2D eigenvalue weighted by Crippen LogP contribution is -2.67. The van der Waals surface area contributed by atoms with Crippen molar-refractivity contribution >= 4 is 17.8 Å². The third kappa shape index (κ3) is 2.72. The van der Waals surface area contributed by atoms with Crippen molar-refractivity contribution in [1.29, 1.82) is 0 Å². The SMILES string of the molecule is CCC(C)C(=O)OCC(=O)N1C(=O)CC12CCCCC2. The van der Waals surface area contributed by atoms with Crippen LogP contribution in [0.1, 0.15) is 58.8 Å². The van der Waals surface area contributed by atoms with Gasteiger partial charge in [0, 0.05) is 0 Å². The van der Waals surface area contributed by atoms with E-state index in [1.165, 1.54) is 11.3 Å². The molecular formula is C15H23NO4. The molecular weight excluding hydrogens is 258 g/mol. The summed E-state index contributed by atoms with van der Waals surface area (Å²) in [6, 6.07) is 0. The summed E-state index contributed by atoms with van der Waals surface area (Å²) in [5.41, 5.74) is -0.269. The van der Waals surface area contributed by atoms with E-state index in [1.54, 1.807) is 6.92 Å². The maximum absolute atomic E-state index is 12.2. The number of hydrogen-bond acceptors (Lipinski definition) is 4. The van der Waals surface area contributed by atoms with Crippen LogP contribution < -0.4 is 0 Å². The smallest absolute Gasteiger partial charge is 0.309 e.